The van der Waals surface area contributed by atoms with Crippen LogP contribution in [0, 0.1) is 5.92 Å². The number of piperidine rings is 1. The second kappa shape index (κ2) is 5.42. The number of ether oxygens (including phenoxy) is 1. The highest BCUT2D eigenvalue weighted by Crippen LogP contribution is 2.32. The maximum atomic E-state index is 11.4. The zero-order valence-electron chi connectivity index (χ0n) is 10.2. The number of carbonyl (C=O) groups excluding carboxylic acids is 1. The molecule has 0 spiro atoms. The van der Waals surface area contributed by atoms with E-state index in [1.807, 2.05) is 11.8 Å². The Balaban J connectivity index is 2.17. The first-order valence-corrected chi connectivity index (χ1v) is 6.90. The van der Waals surface area contributed by atoms with Crippen molar-refractivity contribution in [2.45, 2.75) is 19.4 Å². The Morgan fingerprint density at radius 3 is 3.00 bits per heavy atom. The molecule has 7 heteroatoms. The molecule has 0 amide bonds. The van der Waals surface area contributed by atoms with E-state index in [0.29, 0.717) is 16.6 Å². The standard InChI is InChI=1S/C11H15ClN2O3S/c1-6-3-4-14(5-7(6)15)11-13-9(12)8(18-11)10(16)17-2/h6-7,15H,3-5H2,1-2H3. The van der Waals surface area contributed by atoms with Crippen LogP contribution >= 0.6 is 22.9 Å². The van der Waals surface area contributed by atoms with Crippen molar-refractivity contribution >= 4 is 34.0 Å². The van der Waals surface area contributed by atoms with Gasteiger partial charge >= 0.3 is 5.97 Å². The van der Waals surface area contributed by atoms with Crippen LogP contribution < -0.4 is 4.90 Å². The van der Waals surface area contributed by atoms with E-state index < -0.39 is 5.97 Å². The number of halogens is 1. The summed E-state index contributed by atoms with van der Waals surface area (Å²) in [5.41, 5.74) is 0. The Labute approximate surface area is 114 Å². The fraction of sp³-hybridized carbons (Fsp3) is 0.636. The molecule has 2 rings (SSSR count). The zero-order valence-corrected chi connectivity index (χ0v) is 11.8. The summed E-state index contributed by atoms with van der Waals surface area (Å²) in [6.45, 7) is 3.35. The van der Waals surface area contributed by atoms with Crippen LogP contribution in [0.4, 0.5) is 5.13 Å². The van der Waals surface area contributed by atoms with E-state index in [1.165, 1.54) is 18.4 Å². The average Bonchev–Trinajstić information content (AvgIpc) is 2.74. The monoisotopic (exact) mass is 290 g/mol. The molecule has 1 fully saturated rings. The molecule has 100 valence electrons. The first kappa shape index (κ1) is 13.6. The van der Waals surface area contributed by atoms with Gasteiger partial charge in [0.25, 0.3) is 0 Å². The largest absolute Gasteiger partial charge is 0.465 e. The molecular weight excluding hydrogens is 276 g/mol. The van der Waals surface area contributed by atoms with E-state index >= 15 is 0 Å². The third kappa shape index (κ3) is 2.60. The van der Waals surface area contributed by atoms with Crippen molar-refractivity contribution in [1.29, 1.82) is 0 Å². The van der Waals surface area contributed by atoms with Gasteiger partial charge in [-0.2, -0.15) is 0 Å². The quantitative estimate of drug-likeness (QED) is 0.842. The van der Waals surface area contributed by atoms with E-state index in [-0.39, 0.29) is 17.2 Å². The molecule has 5 nitrogen and oxygen atoms in total. The number of thiazole rings is 1. The van der Waals surface area contributed by atoms with Crippen LogP contribution in [0.2, 0.25) is 5.15 Å². The lowest BCUT2D eigenvalue weighted by Crippen LogP contribution is -2.42. The molecule has 0 aliphatic carbocycles. The Bertz CT molecular complexity index is 451. The van der Waals surface area contributed by atoms with Crippen LogP contribution in [-0.4, -0.2) is 42.4 Å². The highest BCUT2D eigenvalue weighted by molar-refractivity contribution is 7.18. The summed E-state index contributed by atoms with van der Waals surface area (Å²) in [5, 5.41) is 10.7. The van der Waals surface area contributed by atoms with Crippen LogP contribution in [0.5, 0.6) is 0 Å². The minimum Gasteiger partial charge on any atom is -0.465 e. The van der Waals surface area contributed by atoms with Gasteiger partial charge in [0.05, 0.1) is 13.2 Å². The predicted molar refractivity (Wildman–Crippen MR) is 70.5 cm³/mol. The smallest absolute Gasteiger partial charge is 0.351 e. The molecule has 1 aliphatic rings. The highest BCUT2D eigenvalue weighted by Gasteiger charge is 2.28. The molecule has 2 atom stereocenters. The summed E-state index contributed by atoms with van der Waals surface area (Å²) < 4.78 is 4.64. The van der Waals surface area contributed by atoms with Crippen molar-refractivity contribution in [3.05, 3.63) is 10.0 Å². The number of hydrogen-bond donors (Lipinski definition) is 1. The SMILES string of the molecule is COC(=O)c1sc(N2CCC(C)C(O)C2)nc1Cl. The number of methoxy groups -OCH3 is 1. The van der Waals surface area contributed by atoms with Gasteiger partial charge in [-0.05, 0) is 12.3 Å². The number of aliphatic hydroxyl groups is 1. The van der Waals surface area contributed by atoms with Gasteiger partial charge in [0.15, 0.2) is 15.2 Å². The van der Waals surface area contributed by atoms with Crippen molar-refractivity contribution in [1.82, 2.24) is 4.98 Å². The van der Waals surface area contributed by atoms with E-state index in [1.54, 1.807) is 0 Å². The van der Waals surface area contributed by atoms with Crippen LogP contribution in [0.3, 0.4) is 0 Å². The molecule has 0 radical (unpaired) electrons. The van der Waals surface area contributed by atoms with Gasteiger partial charge in [0, 0.05) is 13.1 Å². The summed E-state index contributed by atoms with van der Waals surface area (Å²) >= 11 is 7.11. The topological polar surface area (TPSA) is 62.7 Å². The Morgan fingerprint density at radius 2 is 2.39 bits per heavy atom. The van der Waals surface area contributed by atoms with E-state index in [9.17, 15) is 9.90 Å². The summed E-state index contributed by atoms with van der Waals surface area (Å²) in [6, 6.07) is 0. The summed E-state index contributed by atoms with van der Waals surface area (Å²) in [4.78, 5) is 17.9. The van der Waals surface area contributed by atoms with Gasteiger partial charge in [-0.25, -0.2) is 9.78 Å². The van der Waals surface area contributed by atoms with E-state index in [4.69, 9.17) is 11.6 Å². The van der Waals surface area contributed by atoms with Gasteiger partial charge in [-0.3, -0.25) is 0 Å². The summed E-state index contributed by atoms with van der Waals surface area (Å²) in [5.74, 6) is -0.188. The molecular formula is C11H15ClN2O3S. The predicted octanol–water partition coefficient (Wildman–Crippen LogP) is 1.79. The third-order valence-electron chi connectivity index (χ3n) is 3.13. The number of carbonyl (C=O) groups is 1. The first-order chi connectivity index (χ1) is 8.52. The summed E-state index contributed by atoms with van der Waals surface area (Å²) in [7, 11) is 1.31. The number of esters is 1. The molecule has 0 bridgehead atoms. The van der Waals surface area contributed by atoms with E-state index in [2.05, 4.69) is 9.72 Å². The molecule has 1 aliphatic heterocycles. The number of nitrogens with zero attached hydrogens (tertiary/aromatic N) is 2. The molecule has 1 saturated heterocycles. The number of aliphatic hydroxyl groups excluding tert-OH is 1. The number of rotatable bonds is 2. The molecule has 2 heterocycles. The number of aromatic nitrogens is 1. The van der Waals surface area contributed by atoms with Crippen molar-refractivity contribution in [3.8, 4) is 0 Å². The minimum atomic E-state index is -0.477. The zero-order chi connectivity index (χ0) is 13.3. The van der Waals surface area contributed by atoms with Gasteiger partial charge in [0.2, 0.25) is 0 Å². The van der Waals surface area contributed by atoms with Crippen molar-refractivity contribution < 1.29 is 14.6 Å². The molecule has 0 saturated carbocycles. The number of anilines is 1. The molecule has 1 aromatic heterocycles. The maximum absolute atomic E-state index is 11.4. The maximum Gasteiger partial charge on any atom is 0.351 e. The minimum absolute atomic E-state index is 0.162. The number of hydrogen-bond acceptors (Lipinski definition) is 6. The van der Waals surface area contributed by atoms with Crippen molar-refractivity contribution in [3.63, 3.8) is 0 Å². The van der Waals surface area contributed by atoms with Crippen molar-refractivity contribution in [2.24, 2.45) is 5.92 Å². The van der Waals surface area contributed by atoms with Gasteiger partial charge in [-0.1, -0.05) is 29.9 Å². The molecule has 18 heavy (non-hydrogen) atoms. The second-order valence-electron chi connectivity index (χ2n) is 4.39. The highest BCUT2D eigenvalue weighted by atomic mass is 35.5. The molecule has 2 unspecified atom stereocenters. The van der Waals surface area contributed by atoms with E-state index in [0.717, 1.165) is 13.0 Å². The molecule has 1 N–H and O–H groups in total. The fourth-order valence-corrected chi connectivity index (χ4v) is 3.10. The fourth-order valence-electron chi connectivity index (χ4n) is 1.87. The van der Waals surface area contributed by atoms with Crippen LogP contribution in [0.15, 0.2) is 0 Å². The van der Waals surface area contributed by atoms with Crippen LogP contribution in [0.1, 0.15) is 23.0 Å². The Hall–Kier alpha value is -0.850. The van der Waals surface area contributed by atoms with Gasteiger partial charge < -0.3 is 14.7 Å². The average molecular weight is 291 g/mol. The van der Waals surface area contributed by atoms with Crippen LogP contribution in [0.25, 0.3) is 0 Å². The first-order valence-electron chi connectivity index (χ1n) is 5.70. The van der Waals surface area contributed by atoms with Gasteiger partial charge in [-0.15, -0.1) is 0 Å². The lowest BCUT2D eigenvalue weighted by molar-refractivity contribution is 0.0606. The second-order valence-corrected chi connectivity index (χ2v) is 5.72. The summed E-state index contributed by atoms with van der Waals surface area (Å²) in [6.07, 6.45) is 0.523. The lowest BCUT2D eigenvalue weighted by atomic mass is 9.96. The normalized spacial score (nSPS) is 24.1. The number of β-amino-alcohol motifs (C(OH)–C–C–N with tert-alkyl or cyclic N) is 1. The van der Waals surface area contributed by atoms with Crippen LogP contribution in [-0.2, 0) is 4.74 Å². The Morgan fingerprint density at radius 1 is 1.67 bits per heavy atom. The Kier molecular flexibility index (Phi) is 4.09. The van der Waals surface area contributed by atoms with Gasteiger partial charge in [0.1, 0.15) is 0 Å². The molecule has 0 aromatic carbocycles. The van der Waals surface area contributed by atoms with Crippen molar-refractivity contribution in [2.75, 3.05) is 25.1 Å². The molecule has 1 aromatic rings. The lowest BCUT2D eigenvalue weighted by Gasteiger charge is -2.33. The third-order valence-corrected chi connectivity index (χ3v) is 4.62.